The summed E-state index contributed by atoms with van der Waals surface area (Å²) in [5.41, 5.74) is 2.20. The van der Waals surface area contributed by atoms with Gasteiger partial charge in [0.15, 0.2) is 5.75 Å². The van der Waals surface area contributed by atoms with Gasteiger partial charge in [0, 0.05) is 24.8 Å². The summed E-state index contributed by atoms with van der Waals surface area (Å²) in [5.74, 6) is -1.65. The van der Waals surface area contributed by atoms with Crippen LogP contribution in [0.1, 0.15) is 18.4 Å². The summed E-state index contributed by atoms with van der Waals surface area (Å²) in [5, 5.41) is 17.0. The molecule has 0 radical (unpaired) electrons. The van der Waals surface area contributed by atoms with E-state index in [1.807, 2.05) is 0 Å². The number of carbonyl (C=O) groups excluding carboxylic acids is 2. The number of nitrogens with zero attached hydrogens (tertiary/aromatic N) is 2. The SMILES string of the molecule is COc1ccc(/C=N/NC(=O)C(=O)NCC2CCCO2)cc1[N+](=O)[O-]. The Hall–Kier alpha value is -3.01. The smallest absolute Gasteiger partial charge is 0.329 e. The number of hydrogen-bond donors (Lipinski definition) is 2. The molecule has 2 amide bonds. The van der Waals surface area contributed by atoms with E-state index in [1.165, 1.54) is 31.5 Å². The second-order valence-corrected chi connectivity index (χ2v) is 5.23. The van der Waals surface area contributed by atoms with Crippen molar-refractivity contribution in [1.29, 1.82) is 0 Å². The summed E-state index contributed by atoms with van der Waals surface area (Å²) in [4.78, 5) is 33.6. The van der Waals surface area contributed by atoms with Crippen LogP contribution in [0.5, 0.6) is 5.75 Å². The molecule has 1 heterocycles. The van der Waals surface area contributed by atoms with Crippen LogP contribution in [0.3, 0.4) is 0 Å². The number of carbonyl (C=O) groups is 2. The van der Waals surface area contributed by atoms with E-state index in [4.69, 9.17) is 9.47 Å². The van der Waals surface area contributed by atoms with E-state index in [-0.39, 0.29) is 24.1 Å². The summed E-state index contributed by atoms with van der Waals surface area (Å²) in [7, 11) is 1.32. The van der Waals surface area contributed by atoms with Crippen molar-refractivity contribution in [2.24, 2.45) is 5.10 Å². The van der Waals surface area contributed by atoms with Crippen LogP contribution in [-0.2, 0) is 14.3 Å². The monoisotopic (exact) mass is 350 g/mol. The van der Waals surface area contributed by atoms with Crippen molar-refractivity contribution in [2.45, 2.75) is 18.9 Å². The molecule has 10 nitrogen and oxygen atoms in total. The third kappa shape index (κ3) is 5.24. The predicted molar refractivity (Wildman–Crippen MR) is 87.4 cm³/mol. The minimum absolute atomic E-state index is 0.0694. The topological polar surface area (TPSA) is 132 Å². The van der Waals surface area contributed by atoms with Gasteiger partial charge in [0.1, 0.15) is 0 Å². The highest BCUT2D eigenvalue weighted by atomic mass is 16.6. The van der Waals surface area contributed by atoms with E-state index in [9.17, 15) is 19.7 Å². The molecule has 25 heavy (non-hydrogen) atoms. The number of ether oxygens (including phenoxy) is 2. The maximum Gasteiger partial charge on any atom is 0.329 e. The van der Waals surface area contributed by atoms with Crippen LogP contribution in [0.2, 0.25) is 0 Å². The first kappa shape index (κ1) is 18.3. The van der Waals surface area contributed by atoms with Crippen molar-refractivity contribution in [3.8, 4) is 5.75 Å². The first-order valence-corrected chi connectivity index (χ1v) is 7.56. The lowest BCUT2D eigenvalue weighted by atomic mass is 10.2. The molecule has 1 aliphatic rings. The number of rotatable bonds is 6. The van der Waals surface area contributed by atoms with E-state index in [1.54, 1.807) is 0 Å². The van der Waals surface area contributed by atoms with Crippen LogP contribution in [0.15, 0.2) is 23.3 Å². The first-order valence-electron chi connectivity index (χ1n) is 7.56. The fourth-order valence-corrected chi connectivity index (χ4v) is 2.24. The van der Waals surface area contributed by atoms with Gasteiger partial charge in [0.05, 0.1) is 24.4 Å². The predicted octanol–water partition coefficient (Wildman–Crippen LogP) is 0.349. The zero-order valence-electron chi connectivity index (χ0n) is 13.6. The fraction of sp³-hybridized carbons (Fsp3) is 0.400. The van der Waals surface area contributed by atoms with Crippen molar-refractivity contribution in [2.75, 3.05) is 20.3 Å². The molecule has 1 aromatic rings. The summed E-state index contributed by atoms with van der Waals surface area (Å²) < 4.78 is 10.2. The average molecular weight is 350 g/mol. The Morgan fingerprint density at radius 1 is 1.48 bits per heavy atom. The molecule has 2 N–H and O–H groups in total. The Morgan fingerprint density at radius 3 is 2.92 bits per heavy atom. The van der Waals surface area contributed by atoms with Crippen LogP contribution in [-0.4, -0.2) is 49.3 Å². The van der Waals surface area contributed by atoms with Crippen molar-refractivity contribution in [3.63, 3.8) is 0 Å². The van der Waals surface area contributed by atoms with Crippen LogP contribution in [0.4, 0.5) is 5.69 Å². The van der Waals surface area contributed by atoms with Gasteiger partial charge in [-0.05, 0) is 25.0 Å². The minimum atomic E-state index is -0.933. The average Bonchev–Trinajstić information content (AvgIpc) is 3.12. The summed E-state index contributed by atoms with van der Waals surface area (Å²) >= 11 is 0. The van der Waals surface area contributed by atoms with Gasteiger partial charge in [-0.1, -0.05) is 0 Å². The van der Waals surface area contributed by atoms with E-state index in [0.717, 1.165) is 12.8 Å². The van der Waals surface area contributed by atoms with Gasteiger partial charge in [0.25, 0.3) is 0 Å². The van der Waals surface area contributed by atoms with Crippen molar-refractivity contribution < 1.29 is 24.0 Å². The normalized spacial score (nSPS) is 16.6. The second kappa shape index (κ2) is 8.73. The van der Waals surface area contributed by atoms with Gasteiger partial charge in [-0.2, -0.15) is 5.10 Å². The van der Waals surface area contributed by atoms with E-state index < -0.39 is 16.7 Å². The molecule has 1 atom stereocenters. The van der Waals surface area contributed by atoms with Gasteiger partial charge in [-0.3, -0.25) is 19.7 Å². The minimum Gasteiger partial charge on any atom is -0.490 e. The highest BCUT2D eigenvalue weighted by molar-refractivity contribution is 6.35. The Bertz CT molecular complexity index is 685. The molecule has 0 spiro atoms. The Balaban J connectivity index is 1.86. The van der Waals surface area contributed by atoms with E-state index in [0.29, 0.717) is 12.2 Å². The number of benzene rings is 1. The first-order chi connectivity index (χ1) is 12.0. The molecule has 0 saturated carbocycles. The van der Waals surface area contributed by atoms with Gasteiger partial charge in [-0.15, -0.1) is 0 Å². The summed E-state index contributed by atoms with van der Waals surface area (Å²) in [6, 6.07) is 4.18. The van der Waals surface area contributed by atoms with Crippen LogP contribution in [0, 0.1) is 10.1 Å². The standard InChI is InChI=1S/C15H18N4O6/c1-24-13-5-4-10(7-12(13)19(22)23)8-17-18-15(21)14(20)16-9-11-3-2-6-25-11/h4-5,7-8,11H,2-3,6,9H2,1H3,(H,16,20)(H,18,21)/b17-8+. The maximum absolute atomic E-state index is 11.6. The highest BCUT2D eigenvalue weighted by Crippen LogP contribution is 2.26. The lowest BCUT2D eigenvalue weighted by Gasteiger charge is -2.09. The number of amides is 2. The molecule has 2 rings (SSSR count). The molecule has 1 saturated heterocycles. The molecule has 10 heteroatoms. The Labute approximate surface area is 143 Å². The molecular weight excluding hydrogens is 332 g/mol. The fourth-order valence-electron chi connectivity index (χ4n) is 2.24. The maximum atomic E-state index is 11.6. The third-order valence-electron chi connectivity index (χ3n) is 3.50. The Morgan fingerprint density at radius 2 is 2.28 bits per heavy atom. The number of hydrazone groups is 1. The molecule has 0 aliphatic carbocycles. The molecule has 134 valence electrons. The number of nitro benzene ring substituents is 1. The van der Waals surface area contributed by atoms with Crippen LogP contribution in [0.25, 0.3) is 0 Å². The van der Waals surface area contributed by atoms with Crippen LogP contribution >= 0.6 is 0 Å². The Kier molecular flexibility index (Phi) is 6.40. The van der Waals surface area contributed by atoms with Gasteiger partial charge >= 0.3 is 17.5 Å². The number of nitrogens with one attached hydrogen (secondary N) is 2. The molecule has 0 bridgehead atoms. The number of nitro groups is 1. The largest absolute Gasteiger partial charge is 0.490 e. The second-order valence-electron chi connectivity index (χ2n) is 5.23. The third-order valence-corrected chi connectivity index (χ3v) is 3.50. The zero-order valence-corrected chi connectivity index (χ0v) is 13.6. The lowest BCUT2D eigenvalue weighted by Crippen LogP contribution is -2.41. The van der Waals surface area contributed by atoms with Crippen molar-refractivity contribution in [3.05, 3.63) is 33.9 Å². The molecule has 1 unspecified atom stereocenters. The van der Waals surface area contributed by atoms with E-state index >= 15 is 0 Å². The number of methoxy groups -OCH3 is 1. The van der Waals surface area contributed by atoms with Gasteiger partial charge in [0.2, 0.25) is 0 Å². The highest BCUT2D eigenvalue weighted by Gasteiger charge is 2.19. The molecule has 1 aromatic carbocycles. The van der Waals surface area contributed by atoms with Crippen LogP contribution < -0.4 is 15.5 Å². The lowest BCUT2D eigenvalue weighted by molar-refractivity contribution is -0.385. The van der Waals surface area contributed by atoms with Gasteiger partial charge in [-0.25, -0.2) is 5.43 Å². The quantitative estimate of drug-likeness (QED) is 0.329. The summed E-state index contributed by atoms with van der Waals surface area (Å²) in [6.45, 7) is 0.922. The van der Waals surface area contributed by atoms with Crippen molar-refractivity contribution >= 4 is 23.7 Å². The molecule has 0 aromatic heterocycles. The van der Waals surface area contributed by atoms with E-state index in [2.05, 4.69) is 15.8 Å². The number of hydrogen-bond acceptors (Lipinski definition) is 7. The van der Waals surface area contributed by atoms with Crippen molar-refractivity contribution in [1.82, 2.24) is 10.7 Å². The van der Waals surface area contributed by atoms with Gasteiger partial charge < -0.3 is 14.8 Å². The molecular formula is C15H18N4O6. The summed E-state index contributed by atoms with van der Waals surface area (Å²) in [6.07, 6.45) is 2.90. The zero-order chi connectivity index (χ0) is 18.2. The molecule has 1 aliphatic heterocycles. The molecule has 1 fully saturated rings.